The summed E-state index contributed by atoms with van der Waals surface area (Å²) in [6, 6.07) is 1.66. The molecule has 6 nitrogen and oxygen atoms in total. The summed E-state index contributed by atoms with van der Waals surface area (Å²) in [5.74, 6) is -1.27. The van der Waals surface area contributed by atoms with Gasteiger partial charge in [0.05, 0.1) is 23.4 Å². The third-order valence-corrected chi connectivity index (χ3v) is 2.62. The van der Waals surface area contributed by atoms with Gasteiger partial charge in [-0.2, -0.15) is 10.2 Å². The maximum Gasteiger partial charge on any atom is 0.305 e. The molecule has 104 valence electrons. The number of aromatic nitrogens is 2. The first kappa shape index (κ1) is 15.1. The number of hydrogen-bond acceptors (Lipinski definition) is 4. The lowest BCUT2D eigenvalue weighted by molar-refractivity contribution is -0.138. The number of aliphatic carboxylic acids is 1. The van der Waals surface area contributed by atoms with Gasteiger partial charge in [-0.05, 0) is 33.3 Å². The molecule has 1 rings (SSSR count). The lowest BCUT2D eigenvalue weighted by atomic mass is 9.99. The highest BCUT2D eigenvalue weighted by Crippen LogP contribution is 2.13. The Hall–Kier alpha value is -1.98. The van der Waals surface area contributed by atoms with Gasteiger partial charge in [-0.15, -0.1) is 0 Å². The van der Waals surface area contributed by atoms with E-state index in [0.717, 1.165) is 0 Å². The Balaban J connectivity index is 2.95. The van der Waals surface area contributed by atoms with Crippen molar-refractivity contribution in [2.75, 3.05) is 0 Å². The third-order valence-electron chi connectivity index (χ3n) is 2.62. The van der Waals surface area contributed by atoms with Gasteiger partial charge < -0.3 is 10.4 Å². The zero-order chi connectivity index (χ0) is 14.6. The minimum Gasteiger partial charge on any atom is -0.481 e. The molecule has 1 amide bonds. The number of aryl methyl sites for hydroxylation is 2. The van der Waals surface area contributed by atoms with Gasteiger partial charge in [0.1, 0.15) is 0 Å². The molecule has 0 aliphatic heterocycles. The molecular weight excluding hydrogens is 246 g/mol. The van der Waals surface area contributed by atoms with Crippen molar-refractivity contribution in [3.05, 3.63) is 23.0 Å². The Morgan fingerprint density at radius 3 is 2.53 bits per heavy atom. The quantitative estimate of drug-likeness (QED) is 0.838. The molecule has 0 atom stereocenters. The number of nitrogens with one attached hydrogen (secondary N) is 1. The number of carboxylic acid groups (broad SMARTS) is 1. The van der Waals surface area contributed by atoms with E-state index in [0.29, 0.717) is 23.4 Å². The molecule has 19 heavy (non-hydrogen) atoms. The Bertz CT molecular complexity index is 498. The molecule has 0 unspecified atom stereocenters. The van der Waals surface area contributed by atoms with E-state index < -0.39 is 11.5 Å². The maximum absolute atomic E-state index is 12.2. The van der Waals surface area contributed by atoms with Gasteiger partial charge in [0.15, 0.2) is 0 Å². The zero-order valence-electron chi connectivity index (χ0n) is 11.6. The van der Waals surface area contributed by atoms with E-state index in [1.165, 1.54) is 0 Å². The van der Waals surface area contributed by atoms with Crippen LogP contribution in [0.5, 0.6) is 0 Å². The molecule has 0 spiro atoms. The molecule has 0 saturated carbocycles. The smallest absolute Gasteiger partial charge is 0.305 e. The Labute approximate surface area is 112 Å². The van der Waals surface area contributed by atoms with Crippen molar-refractivity contribution >= 4 is 11.9 Å². The van der Waals surface area contributed by atoms with Crippen molar-refractivity contribution in [1.29, 1.82) is 0 Å². The van der Waals surface area contributed by atoms with Crippen LogP contribution in [0.25, 0.3) is 0 Å². The van der Waals surface area contributed by atoms with Crippen LogP contribution in [0.2, 0.25) is 0 Å². The maximum atomic E-state index is 12.2. The van der Waals surface area contributed by atoms with Crippen LogP contribution in [0, 0.1) is 6.92 Å². The molecule has 1 aromatic heterocycles. The lowest BCUT2D eigenvalue weighted by Crippen LogP contribution is -2.45. The number of nitrogens with zero attached hydrogens (tertiary/aromatic N) is 2. The van der Waals surface area contributed by atoms with Crippen LogP contribution in [0.15, 0.2) is 6.07 Å². The monoisotopic (exact) mass is 265 g/mol. The van der Waals surface area contributed by atoms with Crippen molar-refractivity contribution in [3.63, 3.8) is 0 Å². The van der Waals surface area contributed by atoms with Crippen LogP contribution in [0.1, 0.15) is 48.9 Å². The van der Waals surface area contributed by atoms with Gasteiger partial charge in [0.2, 0.25) is 0 Å². The summed E-state index contributed by atoms with van der Waals surface area (Å²) in [6.45, 7) is 6.99. The topological polar surface area (TPSA) is 92.2 Å². The molecule has 2 N–H and O–H groups in total. The summed E-state index contributed by atoms with van der Waals surface area (Å²) >= 11 is 0. The average molecular weight is 265 g/mol. The van der Waals surface area contributed by atoms with Crippen LogP contribution in [-0.2, 0) is 11.2 Å². The minimum atomic E-state index is -0.954. The van der Waals surface area contributed by atoms with Crippen molar-refractivity contribution < 1.29 is 14.7 Å². The van der Waals surface area contributed by atoms with Gasteiger partial charge in [-0.25, -0.2) is 0 Å². The third kappa shape index (κ3) is 4.31. The fourth-order valence-corrected chi connectivity index (χ4v) is 1.77. The first-order valence-corrected chi connectivity index (χ1v) is 6.12. The van der Waals surface area contributed by atoms with Crippen molar-refractivity contribution in [3.8, 4) is 0 Å². The summed E-state index contributed by atoms with van der Waals surface area (Å²) in [7, 11) is 0. The Kier molecular flexibility index (Phi) is 4.58. The van der Waals surface area contributed by atoms with Gasteiger partial charge in [-0.1, -0.05) is 6.92 Å². The summed E-state index contributed by atoms with van der Waals surface area (Å²) in [6.07, 6.45) is 0.451. The largest absolute Gasteiger partial charge is 0.481 e. The Morgan fingerprint density at radius 2 is 2.00 bits per heavy atom. The minimum absolute atomic E-state index is 0.141. The van der Waals surface area contributed by atoms with Gasteiger partial charge in [0, 0.05) is 5.54 Å². The molecule has 1 aromatic rings. The van der Waals surface area contributed by atoms with Crippen molar-refractivity contribution in [2.24, 2.45) is 0 Å². The second-order valence-corrected chi connectivity index (χ2v) is 5.11. The molecule has 0 aromatic carbocycles. The van der Waals surface area contributed by atoms with Crippen LogP contribution in [-0.4, -0.2) is 32.7 Å². The highest BCUT2D eigenvalue weighted by atomic mass is 16.4. The number of rotatable bonds is 5. The lowest BCUT2D eigenvalue weighted by Gasteiger charge is -2.24. The predicted molar refractivity (Wildman–Crippen MR) is 69.9 cm³/mol. The molecular formula is C13H19N3O3. The fraction of sp³-hybridized carbons (Fsp3) is 0.538. The predicted octanol–water partition coefficient (Wildman–Crippen LogP) is 1.33. The van der Waals surface area contributed by atoms with E-state index in [-0.39, 0.29) is 12.3 Å². The molecule has 0 bridgehead atoms. The fourth-order valence-electron chi connectivity index (χ4n) is 1.77. The van der Waals surface area contributed by atoms with E-state index in [1.807, 2.05) is 6.92 Å². The van der Waals surface area contributed by atoms with Crippen molar-refractivity contribution in [1.82, 2.24) is 15.5 Å². The molecule has 0 radical (unpaired) electrons. The van der Waals surface area contributed by atoms with E-state index >= 15 is 0 Å². The highest BCUT2D eigenvalue weighted by Gasteiger charge is 2.25. The summed E-state index contributed by atoms with van der Waals surface area (Å²) < 4.78 is 0. The number of carboxylic acids is 1. The van der Waals surface area contributed by atoms with E-state index in [2.05, 4.69) is 15.5 Å². The molecule has 0 aliphatic rings. The summed E-state index contributed by atoms with van der Waals surface area (Å²) in [5, 5.41) is 19.4. The molecule has 0 saturated heterocycles. The second-order valence-electron chi connectivity index (χ2n) is 5.11. The normalized spacial score (nSPS) is 11.2. The second kappa shape index (κ2) is 5.77. The average Bonchev–Trinajstić information content (AvgIpc) is 2.26. The molecule has 1 heterocycles. The van der Waals surface area contributed by atoms with E-state index in [1.54, 1.807) is 26.8 Å². The summed E-state index contributed by atoms with van der Waals surface area (Å²) in [5.41, 5.74) is 0.895. The number of hydrogen-bond donors (Lipinski definition) is 2. The summed E-state index contributed by atoms with van der Waals surface area (Å²) in [4.78, 5) is 22.9. The number of amides is 1. The first-order chi connectivity index (χ1) is 8.75. The van der Waals surface area contributed by atoms with Crippen molar-refractivity contribution in [2.45, 2.75) is 46.1 Å². The highest BCUT2D eigenvalue weighted by molar-refractivity contribution is 5.96. The van der Waals surface area contributed by atoms with Crippen LogP contribution in [0.3, 0.4) is 0 Å². The van der Waals surface area contributed by atoms with Crippen LogP contribution >= 0.6 is 0 Å². The number of carbonyl (C=O) groups is 2. The number of carbonyl (C=O) groups excluding carboxylic acids is 1. The standard InChI is InChI=1S/C13H19N3O3/c1-5-10-9(6-8(2)15-16-10)12(19)14-13(3,4)7-11(17)18/h6H,5,7H2,1-4H3,(H,14,19)(H,17,18). The van der Waals surface area contributed by atoms with Crippen LogP contribution in [0.4, 0.5) is 0 Å². The van der Waals surface area contributed by atoms with Crippen LogP contribution < -0.4 is 5.32 Å². The Morgan fingerprint density at radius 1 is 1.37 bits per heavy atom. The van der Waals surface area contributed by atoms with Gasteiger partial charge in [-0.3, -0.25) is 9.59 Å². The van der Waals surface area contributed by atoms with E-state index in [4.69, 9.17) is 5.11 Å². The van der Waals surface area contributed by atoms with E-state index in [9.17, 15) is 9.59 Å². The zero-order valence-corrected chi connectivity index (χ0v) is 11.6. The van der Waals surface area contributed by atoms with Gasteiger partial charge >= 0.3 is 5.97 Å². The molecule has 6 heteroatoms. The SMILES string of the molecule is CCc1nnc(C)cc1C(=O)NC(C)(C)CC(=O)O. The molecule has 0 fully saturated rings. The molecule has 0 aliphatic carbocycles. The van der Waals surface area contributed by atoms with Gasteiger partial charge in [0.25, 0.3) is 5.91 Å². The first-order valence-electron chi connectivity index (χ1n) is 6.12.